The second-order valence-electron chi connectivity index (χ2n) is 11.0. The zero-order valence-electron chi connectivity index (χ0n) is 22.2. The second kappa shape index (κ2) is 8.96. The minimum absolute atomic E-state index is 0.0355. The quantitative estimate of drug-likeness (QED) is 0.509. The van der Waals surface area contributed by atoms with E-state index < -0.39 is 42.1 Å². The third-order valence-electron chi connectivity index (χ3n) is 8.07. The van der Waals surface area contributed by atoms with Crippen LogP contribution in [0.2, 0.25) is 0 Å². The van der Waals surface area contributed by atoms with Crippen molar-refractivity contribution in [2.45, 2.75) is 64.0 Å². The van der Waals surface area contributed by atoms with Gasteiger partial charge in [-0.2, -0.15) is 18.4 Å². The maximum Gasteiger partial charge on any atom is 0.495 e. The number of anilines is 1. The number of nitrogens with zero attached hydrogens (tertiary/aromatic N) is 3. The fourth-order valence-corrected chi connectivity index (χ4v) is 5.30. The van der Waals surface area contributed by atoms with Gasteiger partial charge in [0.05, 0.1) is 40.1 Å². The molecule has 1 atom stereocenters. The lowest BCUT2D eigenvalue weighted by Gasteiger charge is -2.41. The maximum absolute atomic E-state index is 13.8. The molecule has 0 N–H and O–H groups in total. The van der Waals surface area contributed by atoms with Crippen molar-refractivity contribution >= 4 is 30.1 Å². The van der Waals surface area contributed by atoms with E-state index in [1.165, 1.54) is 29.0 Å². The van der Waals surface area contributed by atoms with Crippen LogP contribution in [0.3, 0.4) is 0 Å². The molecule has 7 nitrogen and oxygen atoms in total. The summed E-state index contributed by atoms with van der Waals surface area (Å²) >= 11 is 0. The molecule has 5 rings (SSSR count). The molecule has 2 aromatic carbocycles. The van der Waals surface area contributed by atoms with Crippen molar-refractivity contribution in [3.05, 3.63) is 70.4 Å². The van der Waals surface area contributed by atoms with Crippen LogP contribution in [0.1, 0.15) is 63.3 Å². The minimum atomic E-state index is -4.59. The summed E-state index contributed by atoms with van der Waals surface area (Å²) < 4.78 is 52.9. The number of benzene rings is 2. The van der Waals surface area contributed by atoms with E-state index in [4.69, 9.17) is 9.31 Å². The zero-order valence-corrected chi connectivity index (χ0v) is 22.2. The van der Waals surface area contributed by atoms with Crippen LogP contribution in [0, 0.1) is 11.3 Å². The number of halogens is 3. The van der Waals surface area contributed by atoms with Gasteiger partial charge in [0, 0.05) is 24.7 Å². The molecule has 2 aromatic rings. The fraction of sp³-hybridized carbons (Fsp3) is 0.393. The molecule has 0 bridgehead atoms. The van der Waals surface area contributed by atoms with Crippen molar-refractivity contribution in [1.82, 2.24) is 4.90 Å². The van der Waals surface area contributed by atoms with Gasteiger partial charge in [0.1, 0.15) is 0 Å². The summed E-state index contributed by atoms with van der Waals surface area (Å²) in [7, 11) is 0.638. The molecule has 0 aromatic heterocycles. The first kappa shape index (κ1) is 27.0. The largest absolute Gasteiger partial charge is 0.495 e. The van der Waals surface area contributed by atoms with Crippen LogP contribution >= 0.6 is 0 Å². The van der Waals surface area contributed by atoms with Gasteiger partial charge in [0.15, 0.2) is 5.78 Å². The molecule has 1 fully saturated rings. The number of likely N-dealkylation sites (N-methyl/N-ethyl adjacent to an activating group) is 1. The first-order valence-corrected chi connectivity index (χ1v) is 12.6. The molecule has 0 spiro atoms. The molecule has 2 heterocycles. The number of allylic oxidation sites excluding steroid dienone is 1. The summed E-state index contributed by atoms with van der Waals surface area (Å²) in [4.78, 5) is 29.6. The Kier molecular flexibility index (Phi) is 6.20. The maximum atomic E-state index is 13.8. The Bertz CT molecular complexity index is 1440. The monoisotopic (exact) mass is 537 g/mol. The average molecular weight is 537 g/mol. The summed E-state index contributed by atoms with van der Waals surface area (Å²) in [5.41, 5.74) is -0.0994. The van der Waals surface area contributed by atoms with Crippen LogP contribution in [0.25, 0.3) is 0 Å². The summed E-state index contributed by atoms with van der Waals surface area (Å²) in [5, 5.41) is 9.59. The van der Waals surface area contributed by atoms with E-state index in [0.717, 1.165) is 12.1 Å². The standard InChI is InChI=1S/C28H27BF3N3O4/c1-26(2)27(3,4)39-29(38-26)20-13-16(15-33)9-10-19(20)24-23-21(11-12-22(23)36)35(25(37)34(24)5)18-8-6-7-17(14-18)28(30,31)32/h6-10,13-14,24H,11-12H2,1-5H3. The molecule has 1 aliphatic carbocycles. The molecule has 0 radical (unpaired) electrons. The molecule has 0 saturated carbocycles. The Balaban J connectivity index is 1.67. The van der Waals surface area contributed by atoms with Crippen molar-refractivity contribution in [3.8, 4) is 6.07 Å². The van der Waals surface area contributed by atoms with E-state index in [1.807, 2.05) is 27.7 Å². The molecular weight excluding hydrogens is 510 g/mol. The molecule has 2 aliphatic heterocycles. The van der Waals surface area contributed by atoms with Crippen LogP contribution in [-0.4, -0.2) is 42.1 Å². The lowest BCUT2D eigenvalue weighted by atomic mass is 9.72. The van der Waals surface area contributed by atoms with Gasteiger partial charge in [-0.1, -0.05) is 12.1 Å². The molecule has 2 amide bonds. The molecule has 3 aliphatic rings. The summed E-state index contributed by atoms with van der Waals surface area (Å²) in [6.07, 6.45) is -4.26. The van der Waals surface area contributed by atoms with Crippen LogP contribution in [0.15, 0.2) is 53.7 Å². The number of hydrogen-bond acceptors (Lipinski definition) is 5. The van der Waals surface area contributed by atoms with Crippen LogP contribution < -0.4 is 10.4 Å². The topological polar surface area (TPSA) is 82.9 Å². The Morgan fingerprint density at radius 3 is 2.31 bits per heavy atom. The number of rotatable bonds is 3. The van der Waals surface area contributed by atoms with Gasteiger partial charge in [-0.25, -0.2) is 4.79 Å². The van der Waals surface area contributed by atoms with E-state index in [-0.39, 0.29) is 24.3 Å². The summed E-state index contributed by atoms with van der Waals surface area (Å²) in [6.45, 7) is 7.58. The number of carbonyl (C=O) groups excluding carboxylic acids is 2. The minimum Gasteiger partial charge on any atom is -0.399 e. The third-order valence-corrected chi connectivity index (χ3v) is 8.07. The van der Waals surface area contributed by atoms with E-state index in [0.29, 0.717) is 27.9 Å². The van der Waals surface area contributed by atoms with Crippen molar-refractivity contribution in [2.75, 3.05) is 11.9 Å². The van der Waals surface area contributed by atoms with Crippen LogP contribution in [-0.2, 0) is 20.3 Å². The highest BCUT2D eigenvalue weighted by atomic mass is 19.4. The highest BCUT2D eigenvalue weighted by Crippen LogP contribution is 2.45. The molecule has 1 unspecified atom stereocenters. The van der Waals surface area contributed by atoms with Crippen molar-refractivity contribution in [1.29, 1.82) is 5.26 Å². The number of urea groups is 1. The lowest BCUT2D eigenvalue weighted by molar-refractivity contribution is -0.137. The van der Waals surface area contributed by atoms with Gasteiger partial charge in [-0.05, 0) is 75.5 Å². The normalized spacial score (nSPS) is 22.4. The lowest BCUT2D eigenvalue weighted by Crippen LogP contribution is -2.50. The number of Topliss-reactive ketones (excluding diaryl/α,β-unsaturated/α-hetero) is 1. The summed E-state index contributed by atoms with van der Waals surface area (Å²) in [5.74, 6) is -0.199. The molecule has 39 heavy (non-hydrogen) atoms. The first-order chi connectivity index (χ1) is 18.2. The molecule has 1 saturated heterocycles. The van der Waals surface area contributed by atoms with Crippen molar-refractivity contribution in [2.24, 2.45) is 0 Å². The van der Waals surface area contributed by atoms with E-state index in [9.17, 15) is 28.0 Å². The number of alkyl halides is 3. The first-order valence-electron chi connectivity index (χ1n) is 12.6. The molecule has 202 valence electrons. The average Bonchev–Trinajstić information content (AvgIpc) is 3.34. The summed E-state index contributed by atoms with van der Waals surface area (Å²) in [6, 6.07) is 10.1. The molecule has 11 heteroatoms. The van der Waals surface area contributed by atoms with Gasteiger partial charge >= 0.3 is 19.3 Å². The highest BCUT2D eigenvalue weighted by Gasteiger charge is 2.54. The predicted molar refractivity (Wildman–Crippen MR) is 138 cm³/mol. The zero-order chi connectivity index (χ0) is 28.5. The number of carbonyl (C=O) groups is 2. The Hall–Kier alpha value is -3.62. The van der Waals surface area contributed by atoms with Crippen molar-refractivity contribution in [3.63, 3.8) is 0 Å². The van der Waals surface area contributed by atoms with Gasteiger partial charge < -0.3 is 14.2 Å². The number of hydrogen-bond donors (Lipinski definition) is 0. The number of amides is 2. The Morgan fingerprint density at radius 2 is 1.69 bits per heavy atom. The van der Waals surface area contributed by atoms with E-state index in [2.05, 4.69) is 6.07 Å². The Labute approximate surface area is 224 Å². The van der Waals surface area contributed by atoms with Gasteiger partial charge in [0.25, 0.3) is 0 Å². The second-order valence-corrected chi connectivity index (χ2v) is 11.0. The van der Waals surface area contributed by atoms with Gasteiger partial charge in [0.2, 0.25) is 0 Å². The van der Waals surface area contributed by atoms with Gasteiger partial charge in [-0.15, -0.1) is 0 Å². The van der Waals surface area contributed by atoms with E-state index >= 15 is 0 Å². The fourth-order valence-electron chi connectivity index (χ4n) is 5.30. The SMILES string of the molecule is CN1C(=O)N(c2cccc(C(F)(F)F)c2)C2=C(C(=O)CC2)C1c1ccc(C#N)cc1B1OC(C)(C)C(C)(C)O1. The van der Waals surface area contributed by atoms with Gasteiger partial charge in [-0.3, -0.25) is 9.69 Å². The predicted octanol–water partition coefficient (Wildman–Crippen LogP) is 5.11. The van der Waals surface area contributed by atoms with Crippen molar-refractivity contribution < 1.29 is 32.1 Å². The van der Waals surface area contributed by atoms with E-state index in [1.54, 1.807) is 18.2 Å². The van der Waals surface area contributed by atoms with Crippen LogP contribution in [0.4, 0.5) is 23.7 Å². The molecular formula is C28H27BF3N3O4. The smallest absolute Gasteiger partial charge is 0.399 e. The highest BCUT2D eigenvalue weighted by molar-refractivity contribution is 6.62. The third kappa shape index (κ3) is 4.32. The Morgan fingerprint density at radius 1 is 1.03 bits per heavy atom. The van der Waals surface area contributed by atoms with Crippen LogP contribution in [0.5, 0.6) is 0 Å². The number of nitriles is 1. The number of ketones is 1.